The van der Waals surface area contributed by atoms with Crippen LogP contribution in [-0.2, 0) is 0 Å². The Morgan fingerprint density at radius 2 is 1.66 bits per heavy atom. The van der Waals surface area contributed by atoms with Crippen molar-refractivity contribution in [2.24, 2.45) is 10.7 Å². The summed E-state index contributed by atoms with van der Waals surface area (Å²) in [6.45, 7) is -0.562. The highest BCUT2D eigenvalue weighted by Crippen LogP contribution is 2.28. The molecule has 178 valence electrons. The molecule has 1 aromatic heterocycles. The third-order valence-electron chi connectivity index (χ3n) is 5.62. The van der Waals surface area contributed by atoms with E-state index in [0.717, 1.165) is 0 Å². The van der Waals surface area contributed by atoms with Gasteiger partial charge in [0.05, 0.1) is 17.9 Å². The van der Waals surface area contributed by atoms with E-state index < -0.39 is 24.7 Å². The molecular weight excluding hydrogens is 450 g/mol. The van der Waals surface area contributed by atoms with Crippen LogP contribution < -0.4 is 5.73 Å². The van der Waals surface area contributed by atoms with Gasteiger partial charge < -0.3 is 31.1 Å². The Bertz CT molecular complexity index is 1430. The maximum Gasteiger partial charge on any atom is 0.248 e. The van der Waals surface area contributed by atoms with Crippen LogP contribution in [-0.4, -0.2) is 56.0 Å². The monoisotopic (exact) mass is 473 g/mol. The Balaban J connectivity index is 1.58. The second-order valence-corrected chi connectivity index (χ2v) is 7.97. The van der Waals surface area contributed by atoms with E-state index in [1.807, 2.05) is 0 Å². The fourth-order valence-corrected chi connectivity index (χ4v) is 3.68. The average Bonchev–Trinajstić information content (AvgIpc) is 3.20. The SMILES string of the molecule is NC(=O)c1cccc(C(=O)c2ccc3c(C=Nc4ccc(C(O)C(O)CO)cc4)c(O)[nH]c3c2)c1. The molecule has 0 aliphatic carbocycles. The number of hydrogen-bond acceptors (Lipinski definition) is 7. The molecule has 0 saturated heterocycles. The van der Waals surface area contributed by atoms with Crippen LogP contribution in [0.3, 0.4) is 0 Å². The van der Waals surface area contributed by atoms with Crippen LogP contribution in [0.15, 0.2) is 71.7 Å². The number of hydrogen-bond donors (Lipinski definition) is 6. The Kier molecular flexibility index (Phi) is 6.74. The predicted octanol–water partition coefficient (Wildman–Crippen LogP) is 2.34. The topological polar surface area (TPSA) is 169 Å². The molecule has 1 heterocycles. The first kappa shape index (κ1) is 23.8. The van der Waals surface area contributed by atoms with Gasteiger partial charge >= 0.3 is 0 Å². The smallest absolute Gasteiger partial charge is 0.248 e. The number of aliphatic hydroxyl groups excluding tert-OH is 3. The molecule has 4 aromatic rings. The number of rotatable bonds is 8. The number of amides is 1. The number of fused-ring (bicyclic) bond motifs is 1. The van der Waals surface area contributed by atoms with Crippen molar-refractivity contribution >= 4 is 34.5 Å². The van der Waals surface area contributed by atoms with Gasteiger partial charge in [-0.3, -0.25) is 14.6 Å². The minimum atomic E-state index is -1.28. The van der Waals surface area contributed by atoms with E-state index in [1.165, 1.54) is 18.3 Å². The largest absolute Gasteiger partial charge is 0.494 e. The van der Waals surface area contributed by atoms with Gasteiger partial charge in [0.2, 0.25) is 5.91 Å². The van der Waals surface area contributed by atoms with Crippen molar-refractivity contribution in [1.82, 2.24) is 4.98 Å². The lowest BCUT2D eigenvalue weighted by Crippen LogP contribution is -2.21. The normalized spacial score (nSPS) is 13.2. The van der Waals surface area contributed by atoms with Crippen molar-refractivity contribution in [2.45, 2.75) is 12.2 Å². The highest BCUT2D eigenvalue weighted by atomic mass is 16.4. The van der Waals surface area contributed by atoms with E-state index in [-0.39, 0.29) is 17.2 Å². The summed E-state index contributed by atoms with van der Waals surface area (Å²) in [4.78, 5) is 31.5. The maximum atomic E-state index is 12.9. The lowest BCUT2D eigenvalue weighted by atomic mass is 10.00. The molecule has 2 atom stereocenters. The number of carbonyl (C=O) groups is 2. The number of ketones is 1. The van der Waals surface area contributed by atoms with Gasteiger partial charge in [-0.15, -0.1) is 0 Å². The Morgan fingerprint density at radius 1 is 0.971 bits per heavy atom. The quantitative estimate of drug-likeness (QED) is 0.169. The van der Waals surface area contributed by atoms with Crippen LogP contribution in [0.1, 0.15) is 43.5 Å². The molecule has 0 spiro atoms. The molecule has 2 unspecified atom stereocenters. The second kappa shape index (κ2) is 9.90. The summed E-state index contributed by atoms with van der Waals surface area (Å²) in [6.07, 6.45) is -1.03. The molecule has 3 aromatic carbocycles. The number of aromatic amines is 1. The second-order valence-electron chi connectivity index (χ2n) is 7.97. The van der Waals surface area contributed by atoms with Crippen molar-refractivity contribution in [3.63, 3.8) is 0 Å². The predicted molar refractivity (Wildman–Crippen MR) is 130 cm³/mol. The van der Waals surface area contributed by atoms with E-state index in [9.17, 15) is 24.9 Å². The summed E-state index contributed by atoms with van der Waals surface area (Å²) >= 11 is 0. The highest BCUT2D eigenvalue weighted by Gasteiger charge is 2.17. The van der Waals surface area contributed by atoms with Crippen molar-refractivity contribution in [3.8, 4) is 5.88 Å². The first-order valence-corrected chi connectivity index (χ1v) is 10.7. The number of nitrogens with one attached hydrogen (secondary N) is 1. The Labute approximate surface area is 199 Å². The molecule has 9 heteroatoms. The fraction of sp³-hybridized carbons (Fsp3) is 0.115. The van der Waals surface area contributed by atoms with E-state index in [2.05, 4.69) is 9.98 Å². The van der Waals surface area contributed by atoms with Crippen molar-refractivity contribution in [3.05, 3.63) is 94.5 Å². The van der Waals surface area contributed by atoms with Crippen molar-refractivity contribution < 1.29 is 30.0 Å². The molecule has 9 nitrogen and oxygen atoms in total. The number of primary amides is 1. The molecule has 0 fully saturated rings. The van der Waals surface area contributed by atoms with E-state index in [4.69, 9.17) is 10.8 Å². The summed E-state index contributed by atoms with van der Waals surface area (Å²) in [5, 5.41) is 39.5. The Hall–Kier alpha value is -4.31. The standard InChI is InChI=1S/C26H23N3O6/c27-25(34)17-3-1-2-15(10-17)23(32)16-6-9-19-20(26(35)29-21(19)11-16)12-28-18-7-4-14(5-8-18)24(33)22(31)13-30/h1-12,22,24,29-31,33,35H,13H2,(H2,27,34). The van der Waals surface area contributed by atoms with Crippen molar-refractivity contribution in [2.75, 3.05) is 6.61 Å². The van der Waals surface area contributed by atoms with Gasteiger partial charge in [0, 0.05) is 33.8 Å². The molecule has 0 aliphatic heterocycles. The van der Waals surface area contributed by atoms with Gasteiger partial charge in [0.1, 0.15) is 12.2 Å². The molecule has 1 amide bonds. The summed E-state index contributed by atoms with van der Waals surface area (Å²) in [5.74, 6) is -1.04. The van der Waals surface area contributed by atoms with Gasteiger partial charge in [-0.25, -0.2) is 0 Å². The molecule has 0 aliphatic rings. The zero-order valence-corrected chi connectivity index (χ0v) is 18.4. The Morgan fingerprint density at radius 3 is 2.34 bits per heavy atom. The molecule has 0 bridgehead atoms. The van der Waals surface area contributed by atoms with E-state index >= 15 is 0 Å². The molecule has 7 N–H and O–H groups in total. The van der Waals surface area contributed by atoms with Crippen LogP contribution in [0, 0.1) is 0 Å². The summed E-state index contributed by atoms with van der Waals surface area (Å²) < 4.78 is 0. The van der Waals surface area contributed by atoms with E-state index in [1.54, 1.807) is 54.6 Å². The van der Waals surface area contributed by atoms with Gasteiger partial charge in [-0.05, 0) is 35.9 Å². The number of aliphatic imine (C=N–C) groups is 1. The molecule has 35 heavy (non-hydrogen) atoms. The van der Waals surface area contributed by atoms with Crippen molar-refractivity contribution in [1.29, 1.82) is 0 Å². The first-order valence-electron chi connectivity index (χ1n) is 10.7. The minimum absolute atomic E-state index is 0.123. The summed E-state index contributed by atoms with van der Waals surface area (Å²) in [5.41, 5.74) is 8.13. The van der Waals surface area contributed by atoms with Gasteiger partial charge in [0.15, 0.2) is 11.7 Å². The first-order chi connectivity index (χ1) is 16.8. The highest BCUT2D eigenvalue weighted by molar-refractivity contribution is 6.12. The van der Waals surface area contributed by atoms with Gasteiger partial charge in [-0.2, -0.15) is 0 Å². The fourth-order valence-electron chi connectivity index (χ4n) is 3.68. The van der Waals surface area contributed by atoms with Gasteiger partial charge in [0.25, 0.3) is 0 Å². The zero-order valence-electron chi connectivity index (χ0n) is 18.4. The molecule has 0 saturated carbocycles. The summed E-state index contributed by atoms with van der Waals surface area (Å²) in [7, 11) is 0. The summed E-state index contributed by atoms with van der Waals surface area (Å²) in [6, 6.07) is 17.5. The number of nitrogens with zero attached hydrogens (tertiary/aromatic N) is 1. The molecular formula is C26H23N3O6. The number of benzene rings is 3. The number of aromatic nitrogens is 1. The third-order valence-corrected chi connectivity index (χ3v) is 5.62. The lowest BCUT2D eigenvalue weighted by molar-refractivity contribution is -0.0152. The van der Waals surface area contributed by atoms with Crippen LogP contribution in [0.4, 0.5) is 5.69 Å². The average molecular weight is 473 g/mol. The number of H-pyrrole nitrogens is 1. The van der Waals surface area contributed by atoms with Crippen LogP contribution in [0.25, 0.3) is 10.9 Å². The number of nitrogens with two attached hydrogens (primary N) is 1. The maximum absolute atomic E-state index is 12.9. The van der Waals surface area contributed by atoms with Gasteiger partial charge in [-0.1, -0.05) is 36.4 Å². The van der Waals surface area contributed by atoms with Crippen LogP contribution in [0.5, 0.6) is 5.88 Å². The number of carbonyl (C=O) groups excluding carboxylic acids is 2. The molecule has 4 rings (SSSR count). The number of aliphatic hydroxyl groups is 3. The zero-order chi connectivity index (χ0) is 25.1. The molecule has 0 radical (unpaired) electrons. The van der Waals surface area contributed by atoms with Crippen LogP contribution >= 0.6 is 0 Å². The van der Waals surface area contributed by atoms with Crippen LogP contribution in [0.2, 0.25) is 0 Å². The minimum Gasteiger partial charge on any atom is -0.494 e. The third kappa shape index (κ3) is 4.97. The number of aromatic hydroxyl groups is 1. The lowest BCUT2D eigenvalue weighted by Gasteiger charge is -2.15. The van der Waals surface area contributed by atoms with E-state index in [0.29, 0.717) is 38.8 Å².